The third kappa shape index (κ3) is 2.27. The van der Waals surface area contributed by atoms with E-state index in [-0.39, 0.29) is 11.1 Å². The van der Waals surface area contributed by atoms with Gasteiger partial charge in [-0.3, -0.25) is 0 Å². The van der Waals surface area contributed by atoms with Crippen LogP contribution < -0.4 is 0 Å². The van der Waals surface area contributed by atoms with Crippen LogP contribution in [0.5, 0.6) is 0 Å². The average molecular weight is 264 g/mol. The number of benzene rings is 2. The molecule has 0 amide bonds. The summed E-state index contributed by atoms with van der Waals surface area (Å²) in [6, 6.07) is 10.7. The molecule has 20 heavy (non-hydrogen) atoms. The van der Waals surface area contributed by atoms with E-state index >= 15 is 0 Å². The van der Waals surface area contributed by atoms with Crippen molar-refractivity contribution in [3.8, 4) is 23.3 Å². The number of halogens is 1. The van der Waals surface area contributed by atoms with Crippen LogP contribution in [-0.2, 0) is 0 Å². The largest absolute Gasteiger partial charge is 0.204 e. The smallest absolute Gasteiger partial charge is 0.158 e. The van der Waals surface area contributed by atoms with Crippen LogP contribution in [0.15, 0.2) is 24.3 Å². The SMILES string of the molecule is Cc1cc(C)c(-c2cc(C#N)c(F)c(C#N)c2)c(C)c1. The van der Waals surface area contributed by atoms with Gasteiger partial charge in [-0.15, -0.1) is 0 Å². The Bertz CT molecular complexity index is 719. The van der Waals surface area contributed by atoms with Gasteiger partial charge in [-0.05, 0) is 55.2 Å². The predicted molar refractivity (Wildman–Crippen MR) is 75.5 cm³/mol. The highest BCUT2D eigenvalue weighted by Gasteiger charge is 2.14. The van der Waals surface area contributed by atoms with Crippen LogP contribution >= 0.6 is 0 Å². The Labute approximate surface area is 117 Å². The molecule has 0 aliphatic carbocycles. The van der Waals surface area contributed by atoms with E-state index in [1.807, 2.05) is 32.9 Å². The third-order valence-corrected chi connectivity index (χ3v) is 3.28. The molecule has 0 atom stereocenters. The van der Waals surface area contributed by atoms with Crippen molar-refractivity contribution in [2.75, 3.05) is 0 Å². The lowest BCUT2D eigenvalue weighted by molar-refractivity contribution is 0.620. The fraction of sp³-hybridized carbons (Fsp3) is 0.176. The van der Waals surface area contributed by atoms with Gasteiger partial charge in [0, 0.05) is 0 Å². The molecular weight excluding hydrogens is 251 g/mol. The highest BCUT2D eigenvalue weighted by atomic mass is 19.1. The molecule has 2 rings (SSSR count). The fourth-order valence-corrected chi connectivity index (χ4v) is 2.57. The molecule has 0 spiro atoms. The van der Waals surface area contributed by atoms with E-state index in [4.69, 9.17) is 10.5 Å². The van der Waals surface area contributed by atoms with Crippen LogP contribution in [0.3, 0.4) is 0 Å². The maximum atomic E-state index is 13.8. The van der Waals surface area contributed by atoms with Gasteiger partial charge in [0.2, 0.25) is 0 Å². The number of nitrogens with zero attached hydrogens (tertiary/aromatic N) is 2. The van der Waals surface area contributed by atoms with E-state index in [0.29, 0.717) is 5.56 Å². The minimum atomic E-state index is -0.749. The molecule has 98 valence electrons. The summed E-state index contributed by atoms with van der Waals surface area (Å²) in [4.78, 5) is 0. The molecule has 0 aromatic heterocycles. The first-order chi connectivity index (χ1) is 9.47. The summed E-state index contributed by atoms with van der Waals surface area (Å²) in [6.07, 6.45) is 0. The molecule has 0 saturated heterocycles. The Morgan fingerprint density at radius 1 is 0.850 bits per heavy atom. The van der Waals surface area contributed by atoms with Gasteiger partial charge in [-0.1, -0.05) is 17.7 Å². The molecule has 0 aliphatic rings. The van der Waals surface area contributed by atoms with Crippen LogP contribution in [0.2, 0.25) is 0 Å². The zero-order chi connectivity index (χ0) is 14.9. The summed E-state index contributed by atoms with van der Waals surface area (Å²) in [5.74, 6) is -0.749. The lowest BCUT2D eigenvalue weighted by atomic mass is 9.92. The van der Waals surface area contributed by atoms with E-state index < -0.39 is 5.82 Å². The highest BCUT2D eigenvalue weighted by Crippen LogP contribution is 2.31. The van der Waals surface area contributed by atoms with Gasteiger partial charge in [-0.2, -0.15) is 10.5 Å². The quantitative estimate of drug-likeness (QED) is 0.776. The van der Waals surface area contributed by atoms with E-state index in [0.717, 1.165) is 22.3 Å². The molecule has 0 radical (unpaired) electrons. The second-order valence-electron chi connectivity index (χ2n) is 4.88. The van der Waals surface area contributed by atoms with Crippen molar-refractivity contribution < 1.29 is 4.39 Å². The zero-order valence-electron chi connectivity index (χ0n) is 11.6. The van der Waals surface area contributed by atoms with Crippen LogP contribution in [-0.4, -0.2) is 0 Å². The van der Waals surface area contributed by atoms with Crippen LogP contribution in [0, 0.1) is 49.3 Å². The Hall–Kier alpha value is -2.65. The van der Waals surface area contributed by atoms with Crippen molar-refractivity contribution in [2.45, 2.75) is 20.8 Å². The second kappa shape index (κ2) is 5.15. The minimum absolute atomic E-state index is 0.0987. The molecular formula is C17H13FN2. The van der Waals surface area contributed by atoms with Crippen molar-refractivity contribution in [1.82, 2.24) is 0 Å². The summed E-state index contributed by atoms with van der Waals surface area (Å²) < 4.78 is 13.8. The molecule has 0 saturated carbocycles. The molecule has 2 nitrogen and oxygen atoms in total. The topological polar surface area (TPSA) is 47.6 Å². The first kappa shape index (κ1) is 13.8. The third-order valence-electron chi connectivity index (χ3n) is 3.28. The average Bonchev–Trinajstić information content (AvgIpc) is 2.39. The first-order valence-corrected chi connectivity index (χ1v) is 6.20. The Morgan fingerprint density at radius 3 is 1.70 bits per heavy atom. The summed E-state index contributed by atoms with van der Waals surface area (Å²) >= 11 is 0. The lowest BCUT2D eigenvalue weighted by Crippen LogP contribution is -1.95. The number of nitriles is 2. The van der Waals surface area contributed by atoms with E-state index in [1.165, 1.54) is 12.1 Å². The normalized spacial score (nSPS) is 9.90. The lowest BCUT2D eigenvalue weighted by Gasteiger charge is -2.12. The number of aryl methyl sites for hydroxylation is 3. The molecule has 0 bridgehead atoms. The molecule has 0 unspecified atom stereocenters. The Balaban J connectivity index is 2.79. The number of hydrogen-bond acceptors (Lipinski definition) is 2. The molecule has 0 N–H and O–H groups in total. The highest BCUT2D eigenvalue weighted by molar-refractivity contribution is 5.74. The van der Waals surface area contributed by atoms with Gasteiger partial charge in [0.25, 0.3) is 0 Å². The molecule has 0 aliphatic heterocycles. The van der Waals surface area contributed by atoms with Crippen molar-refractivity contribution >= 4 is 0 Å². The molecule has 2 aromatic rings. The summed E-state index contributed by atoms with van der Waals surface area (Å²) in [5.41, 5.74) is 4.69. The van der Waals surface area contributed by atoms with Crippen molar-refractivity contribution in [1.29, 1.82) is 10.5 Å². The zero-order valence-corrected chi connectivity index (χ0v) is 11.6. The molecule has 0 fully saturated rings. The van der Waals surface area contributed by atoms with Gasteiger partial charge in [0.05, 0.1) is 11.1 Å². The molecule has 0 heterocycles. The Kier molecular flexibility index (Phi) is 3.55. The van der Waals surface area contributed by atoms with Gasteiger partial charge in [-0.25, -0.2) is 4.39 Å². The number of rotatable bonds is 1. The minimum Gasteiger partial charge on any atom is -0.204 e. The Morgan fingerprint density at radius 2 is 1.30 bits per heavy atom. The van der Waals surface area contributed by atoms with Crippen molar-refractivity contribution in [3.63, 3.8) is 0 Å². The fourth-order valence-electron chi connectivity index (χ4n) is 2.57. The maximum absolute atomic E-state index is 13.8. The summed E-state index contributed by atoms with van der Waals surface area (Å²) in [7, 11) is 0. The van der Waals surface area contributed by atoms with E-state index in [2.05, 4.69) is 0 Å². The monoisotopic (exact) mass is 264 g/mol. The van der Waals surface area contributed by atoms with Gasteiger partial charge in [0.1, 0.15) is 12.1 Å². The number of hydrogen-bond donors (Lipinski definition) is 0. The first-order valence-electron chi connectivity index (χ1n) is 6.20. The van der Waals surface area contributed by atoms with Crippen molar-refractivity contribution in [2.24, 2.45) is 0 Å². The van der Waals surface area contributed by atoms with Crippen molar-refractivity contribution in [3.05, 3.63) is 57.9 Å². The van der Waals surface area contributed by atoms with Gasteiger partial charge in [0.15, 0.2) is 5.82 Å². The standard InChI is InChI=1S/C17H13FN2/c1-10-4-11(2)16(12(3)5-10)13-6-14(8-19)17(18)15(7-13)9-20/h4-7H,1-3H3. The summed E-state index contributed by atoms with van der Waals surface area (Å²) in [5, 5.41) is 18.0. The second-order valence-corrected chi connectivity index (χ2v) is 4.88. The predicted octanol–water partition coefficient (Wildman–Crippen LogP) is 4.16. The van der Waals surface area contributed by atoms with Crippen LogP contribution in [0.4, 0.5) is 4.39 Å². The van der Waals surface area contributed by atoms with Gasteiger partial charge < -0.3 is 0 Å². The van der Waals surface area contributed by atoms with E-state index in [9.17, 15) is 4.39 Å². The molecule has 2 aromatic carbocycles. The van der Waals surface area contributed by atoms with E-state index in [1.54, 1.807) is 12.1 Å². The van der Waals surface area contributed by atoms with Crippen LogP contribution in [0.25, 0.3) is 11.1 Å². The van der Waals surface area contributed by atoms with Crippen LogP contribution in [0.1, 0.15) is 27.8 Å². The molecule has 3 heteroatoms. The maximum Gasteiger partial charge on any atom is 0.158 e. The summed E-state index contributed by atoms with van der Waals surface area (Å²) in [6.45, 7) is 5.95. The van der Waals surface area contributed by atoms with Gasteiger partial charge >= 0.3 is 0 Å².